The van der Waals surface area contributed by atoms with Crippen molar-refractivity contribution in [3.8, 4) is 0 Å². The summed E-state index contributed by atoms with van der Waals surface area (Å²) in [7, 11) is 3.74. The quantitative estimate of drug-likeness (QED) is 0.678. The number of nitrogens with zero attached hydrogens (tertiary/aromatic N) is 1. The Morgan fingerprint density at radius 2 is 2.41 bits per heavy atom. The minimum absolute atomic E-state index is 0.0599. The zero-order valence-corrected chi connectivity index (χ0v) is 10.9. The summed E-state index contributed by atoms with van der Waals surface area (Å²) in [4.78, 5) is 14.0. The number of nitrogens with one attached hydrogen (secondary N) is 1. The number of piperidine rings is 1. The van der Waals surface area contributed by atoms with Gasteiger partial charge in [0.25, 0.3) is 0 Å². The van der Waals surface area contributed by atoms with E-state index in [9.17, 15) is 4.79 Å². The summed E-state index contributed by atoms with van der Waals surface area (Å²) in [6.07, 6.45) is 2.98. The first-order valence-electron chi connectivity index (χ1n) is 6.34. The first-order chi connectivity index (χ1) is 8.13. The van der Waals surface area contributed by atoms with Crippen LogP contribution < -0.4 is 11.1 Å². The van der Waals surface area contributed by atoms with Crippen LogP contribution in [0.25, 0.3) is 0 Å². The third-order valence-electron chi connectivity index (χ3n) is 3.26. The van der Waals surface area contributed by atoms with Gasteiger partial charge < -0.3 is 20.7 Å². The van der Waals surface area contributed by atoms with Gasteiger partial charge in [-0.05, 0) is 38.8 Å². The van der Waals surface area contributed by atoms with Crippen LogP contribution in [0.2, 0.25) is 0 Å². The maximum absolute atomic E-state index is 11.7. The predicted octanol–water partition coefficient (Wildman–Crippen LogP) is -0.192. The molecule has 0 bridgehead atoms. The van der Waals surface area contributed by atoms with E-state index in [1.165, 1.54) is 12.8 Å². The van der Waals surface area contributed by atoms with E-state index in [1.807, 2.05) is 0 Å². The highest BCUT2D eigenvalue weighted by atomic mass is 16.5. The van der Waals surface area contributed by atoms with E-state index in [2.05, 4.69) is 17.3 Å². The second-order valence-corrected chi connectivity index (χ2v) is 4.90. The zero-order chi connectivity index (χ0) is 12.7. The summed E-state index contributed by atoms with van der Waals surface area (Å²) in [6, 6.07) is -0.448. The van der Waals surface area contributed by atoms with Crippen molar-refractivity contribution in [3.05, 3.63) is 0 Å². The first-order valence-corrected chi connectivity index (χ1v) is 6.34. The van der Waals surface area contributed by atoms with Gasteiger partial charge >= 0.3 is 0 Å². The van der Waals surface area contributed by atoms with Crippen molar-refractivity contribution in [2.75, 3.05) is 40.4 Å². The molecule has 5 nitrogen and oxygen atoms in total. The van der Waals surface area contributed by atoms with Crippen molar-refractivity contribution in [1.29, 1.82) is 0 Å². The molecule has 1 fully saturated rings. The lowest BCUT2D eigenvalue weighted by Crippen LogP contribution is -2.45. The summed E-state index contributed by atoms with van der Waals surface area (Å²) in [5.74, 6) is 0.502. The summed E-state index contributed by atoms with van der Waals surface area (Å²) in [5.41, 5.74) is 5.74. The fraction of sp³-hybridized carbons (Fsp3) is 0.917. The van der Waals surface area contributed by atoms with E-state index in [0.29, 0.717) is 18.9 Å². The Kier molecular flexibility index (Phi) is 6.47. The molecule has 1 heterocycles. The average Bonchev–Trinajstić information content (AvgIpc) is 2.33. The molecule has 1 aliphatic rings. The fourth-order valence-electron chi connectivity index (χ4n) is 2.19. The molecule has 3 N–H and O–H groups in total. The molecule has 1 saturated heterocycles. The second kappa shape index (κ2) is 7.63. The van der Waals surface area contributed by atoms with Gasteiger partial charge in [-0.1, -0.05) is 0 Å². The molecule has 0 radical (unpaired) electrons. The van der Waals surface area contributed by atoms with Crippen LogP contribution in [-0.2, 0) is 9.53 Å². The number of hydrogen-bond donors (Lipinski definition) is 2. The minimum Gasteiger partial charge on any atom is -0.385 e. The zero-order valence-electron chi connectivity index (χ0n) is 10.9. The topological polar surface area (TPSA) is 67.6 Å². The summed E-state index contributed by atoms with van der Waals surface area (Å²) in [5, 5.41) is 2.94. The molecule has 2 unspecified atom stereocenters. The van der Waals surface area contributed by atoms with Gasteiger partial charge in [0.15, 0.2) is 0 Å². The summed E-state index contributed by atoms with van der Waals surface area (Å²) in [6.45, 7) is 3.50. The molecule has 0 aromatic carbocycles. The highest BCUT2D eigenvalue weighted by Gasteiger charge is 2.19. The van der Waals surface area contributed by atoms with Gasteiger partial charge in [0.1, 0.15) is 0 Å². The molecule has 1 rings (SSSR count). The fourth-order valence-corrected chi connectivity index (χ4v) is 2.19. The highest BCUT2D eigenvalue weighted by Crippen LogP contribution is 2.13. The van der Waals surface area contributed by atoms with E-state index >= 15 is 0 Å². The van der Waals surface area contributed by atoms with Crippen LogP contribution in [0.5, 0.6) is 0 Å². The maximum Gasteiger partial charge on any atom is 0.237 e. The number of carbonyl (C=O) groups excluding carboxylic acids is 1. The molecule has 0 aromatic heterocycles. The van der Waals surface area contributed by atoms with Gasteiger partial charge in [-0.15, -0.1) is 0 Å². The minimum atomic E-state index is -0.448. The van der Waals surface area contributed by atoms with E-state index in [-0.39, 0.29) is 5.91 Å². The third kappa shape index (κ3) is 5.48. The second-order valence-electron chi connectivity index (χ2n) is 4.90. The Hall–Kier alpha value is -0.650. The molecule has 1 amide bonds. The van der Waals surface area contributed by atoms with Crippen molar-refractivity contribution < 1.29 is 9.53 Å². The number of likely N-dealkylation sites (tertiary alicyclic amines) is 1. The van der Waals surface area contributed by atoms with Crippen molar-refractivity contribution >= 4 is 5.91 Å². The number of hydrogen-bond acceptors (Lipinski definition) is 4. The largest absolute Gasteiger partial charge is 0.385 e. The molecular weight excluding hydrogens is 218 g/mol. The molecule has 1 aliphatic heterocycles. The lowest BCUT2D eigenvalue weighted by atomic mass is 9.98. The number of rotatable bonds is 6. The van der Waals surface area contributed by atoms with Gasteiger partial charge in [0, 0.05) is 26.8 Å². The molecule has 2 atom stereocenters. The molecular formula is C12H25N3O2. The van der Waals surface area contributed by atoms with Gasteiger partial charge in [-0.3, -0.25) is 4.79 Å². The number of methoxy groups -OCH3 is 1. The van der Waals surface area contributed by atoms with Crippen LogP contribution in [0.3, 0.4) is 0 Å². The SMILES string of the molecule is COCCC(N)C(=O)NCC1CCCN(C)C1. The van der Waals surface area contributed by atoms with Crippen LogP contribution in [0.1, 0.15) is 19.3 Å². The van der Waals surface area contributed by atoms with Crippen LogP contribution in [0, 0.1) is 5.92 Å². The number of ether oxygens (including phenoxy) is 1. The monoisotopic (exact) mass is 243 g/mol. The van der Waals surface area contributed by atoms with E-state index < -0.39 is 6.04 Å². The first kappa shape index (κ1) is 14.4. The third-order valence-corrected chi connectivity index (χ3v) is 3.26. The molecule has 0 spiro atoms. The Labute approximate surface area is 104 Å². The molecule has 0 aromatic rings. The number of amides is 1. The van der Waals surface area contributed by atoms with Crippen molar-refractivity contribution in [1.82, 2.24) is 10.2 Å². The molecule has 17 heavy (non-hydrogen) atoms. The molecule has 0 saturated carbocycles. The van der Waals surface area contributed by atoms with Crippen molar-refractivity contribution in [2.45, 2.75) is 25.3 Å². The summed E-state index contributed by atoms with van der Waals surface area (Å²) >= 11 is 0. The smallest absolute Gasteiger partial charge is 0.237 e. The van der Waals surface area contributed by atoms with Crippen LogP contribution >= 0.6 is 0 Å². The predicted molar refractivity (Wildman–Crippen MR) is 67.7 cm³/mol. The lowest BCUT2D eigenvalue weighted by Gasteiger charge is -2.29. The van der Waals surface area contributed by atoms with Crippen molar-refractivity contribution in [3.63, 3.8) is 0 Å². The van der Waals surface area contributed by atoms with E-state index in [4.69, 9.17) is 10.5 Å². The van der Waals surface area contributed by atoms with E-state index in [0.717, 1.165) is 19.6 Å². The van der Waals surface area contributed by atoms with Crippen LogP contribution in [0.15, 0.2) is 0 Å². The van der Waals surface area contributed by atoms with Gasteiger partial charge in [-0.25, -0.2) is 0 Å². The number of nitrogens with two attached hydrogens (primary N) is 1. The Morgan fingerprint density at radius 3 is 3.06 bits per heavy atom. The van der Waals surface area contributed by atoms with Crippen LogP contribution in [-0.4, -0.2) is 57.2 Å². The normalized spacial score (nSPS) is 23.4. The average molecular weight is 243 g/mol. The van der Waals surface area contributed by atoms with Crippen molar-refractivity contribution in [2.24, 2.45) is 11.7 Å². The summed E-state index contributed by atoms with van der Waals surface area (Å²) < 4.78 is 4.90. The molecule has 5 heteroatoms. The Balaban J connectivity index is 2.18. The lowest BCUT2D eigenvalue weighted by molar-refractivity contribution is -0.123. The number of carbonyl (C=O) groups is 1. The molecule has 0 aliphatic carbocycles. The Bertz CT molecular complexity index is 236. The maximum atomic E-state index is 11.7. The Morgan fingerprint density at radius 1 is 1.65 bits per heavy atom. The highest BCUT2D eigenvalue weighted by molar-refractivity contribution is 5.81. The van der Waals surface area contributed by atoms with Gasteiger partial charge in [-0.2, -0.15) is 0 Å². The molecule has 100 valence electrons. The van der Waals surface area contributed by atoms with E-state index in [1.54, 1.807) is 7.11 Å². The van der Waals surface area contributed by atoms with Crippen LogP contribution in [0.4, 0.5) is 0 Å². The van der Waals surface area contributed by atoms with Gasteiger partial charge in [0.2, 0.25) is 5.91 Å². The standard InChI is InChI=1S/C12H25N3O2/c1-15-6-3-4-10(9-15)8-14-12(16)11(13)5-7-17-2/h10-11H,3-9,13H2,1-2H3,(H,14,16). The van der Waals surface area contributed by atoms with Gasteiger partial charge in [0.05, 0.1) is 6.04 Å².